The van der Waals surface area contributed by atoms with Gasteiger partial charge in [0, 0.05) is 17.3 Å². The van der Waals surface area contributed by atoms with E-state index in [0.29, 0.717) is 4.90 Å². The van der Waals surface area contributed by atoms with Gasteiger partial charge in [0.25, 0.3) is 0 Å². The van der Waals surface area contributed by atoms with Gasteiger partial charge in [-0.15, -0.1) is 0 Å². The van der Waals surface area contributed by atoms with Crippen LogP contribution in [0.4, 0.5) is 0 Å². The molecule has 0 fully saturated rings. The molecule has 2 rings (SSSR count). The van der Waals surface area contributed by atoms with Crippen LogP contribution in [0.1, 0.15) is 0 Å². The molecule has 18 heavy (non-hydrogen) atoms. The fraction of sp³-hybridized carbons (Fsp3) is 0.0833. The lowest BCUT2D eigenvalue weighted by atomic mass is 10.4. The Kier molecular flexibility index (Phi) is 4.09. The SMILES string of the molecule is CS(=O)(=O)c1ccc(Sc2ncccc2Br)cc1. The van der Waals surface area contributed by atoms with Crippen molar-refractivity contribution in [1.82, 2.24) is 4.98 Å². The number of sulfone groups is 1. The van der Waals surface area contributed by atoms with Gasteiger partial charge in [0.05, 0.1) is 9.37 Å². The topological polar surface area (TPSA) is 47.0 Å². The van der Waals surface area contributed by atoms with Gasteiger partial charge < -0.3 is 0 Å². The molecule has 1 heterocycles. The molecule has 0 saturated heterocycles. The van der Waals surface area contributed by atoms with Crippen LogP contribution in [0.15, 0.2) is 61.9 Å². The van der Waals surface area contributed by atoms with Gasteiger partial charge in [-0.25, -0.2) is 13.4 Å². The quantitative estimate of drug-likeness (QED) is 0.856. The molecule has 1 aromatic heterocycles. The van der Waals surface area contributed by atoms with Crippen molar-refractivity contribution >= 4 is 37.5 Å². The van der Waals surface area contributed by atoms with Crippen LogP contribution < -0.4 is 0 Å². The molecule has 0 bridgehead atoms. The van der Waals surface area contributed by atoms with Crippen LogP contribution in [0.5, 0.6) is 0 Å². The first-order chi connectivity index (χ1) is 8.47. The van der Waals surface area contributed by atoms with Gasteiger partial charge >= 0.3 is 0 Å². The van der Waals surface area contributed by atoms with E-state index in [0.717, 1.165) is 14.4 Å². The summed E-state index contributed by atoms with van der Waals surface area (Å²) in [5.74, 6) is 0. The molecule has 0 atom stereocenters. The summed E-state index contributed by atoms with van der Waals surface area (Å²) < 4.78 is 23.6. The van der Waals surface area contributed by atoms with Crippen LogP contribution in [-0.2, 0) is 9.84 Å². The fourth-order valence-corrected chi connectivity index (χ4v) is 3.22. The number of benzene rings is 1. The Morgan fingerprint density at radius 3 is 2.39 bits per heavy atom. The Morgan fingerprint density at radius 2 is 1.83 bits per heavy atom. The highest BCUT2D eigenvalue weighted by Crippen LogP contribution is 2.31. The molecular weight excluding hydrogens is 334 g/mol. The molecule has 0 radical (unpaired) electrons. The van der Waals surface area contributed by atoms with Crippen LogP contribution in [0.2, 0.25) is 0 Å². The highest BCUT2D eigenvalue weighted by Gasteiger charge is 2.07. The van der Waals surface area contributed by atoms with Crippen molar-refractivity contribution in [2.75, 3.05) is 6.26 Å². The Morgan fingerprint density at radius 1 is 1.17 bits per heavy atom. The zero-order chi connectivity index (χ0) is 13.2. The molecule has 0 aliphatic heterocycles. The minimum atomic E-state index is -3.13. The van der Waals surface area contributed by atoms with Crippen LogP contribution >= 0.6 is 27.7 Å². The molecule has 2 aromatic rings. The third kappa shape index (κ3) is 3.34. The van der Waals surface area contributed by atoms with Gasteiger partial charge in [0.2, 0.25) is 0 Å². The molecule has 0 amide bonds. The monoisotopic (exact) mass is 343 g/mol. The molecule has 0 aliphatic carbocycles. The van der Waals surface area contributed by atoms with Crippen molar-refractivity contribution in [1.29, 1.82) is 0 Å². The summed E-state index contributed by atoms with van der Waals surface area (Å²) in [7, 11) is -3.13. The highest BCUT2D eigenvalue weighted by atomic mass is 79.9. The smallest absolute Gasteiger partial charge is 0.175 e. The lowest BCUT2D eigenvalue weighted by Crippen LogP contribution is -1.95. The summed E-state index contributed by atoms with van der Waals surface area (Å²) in [6.07, 6.45) is 2.92. The third-order valence-electron chi connectivity index (χ3n) is 2.19. The molecule has 0 saturated carbocycles. The highest BCUT2D eigenvalue weighted by molar-refractivity contribution is 9.10. The third-order valence-corrected chi connectivity index (χ3v) is 5.25. The van der Waals surface area contributed by atoms with Crippen LogP contribution in [0.25, 0.3) is 0 Å². The maximum Gasteiger partial charge on any atom is 0.175 e. The predicted molar refractivity (Wildman–Crippen MR) is 75.6 cm³/mol. The maximum absolute atomic E-state index is 11.3. The molecule has 0 unspecified atom stereocenters. The largest absolute Gasteiger partial charge is 0.248 e. The van der Waals surface area contributed by atoms with Gasteiger partial charge in [-0.05, 0) is 52.3 Å². The van der Waals surface area contributed by atoms with E-state index in [-0.39, 0.29) is 0 Å². The molecule has 94 valence electrons. The number of hydrogen-bond donors (Lipinski definition) is 0. The summed E-state index contributed by atoms with van der Waals surface area (Å²) in [4.78, 5) is 5.51. The number of halogens is 1. The lowest BCUT2D eigenvalue weighted by Gasteiger charge is -2.04. The summed E-state index contributed by atoms with van der Waals surface area (Å²) in [5.41, 5.74) is 0. The second kappa shape index (κ2) is 5.42. The van der Waals surface area contributed by atoms with Gasteiger partial charge in [-0.3, -0.25) is 0 Å². The molecule has 0 N–H and O–H groups in total. The van der Waals surface area contributed by atoms with E-state index in [9.17, 15) is 8.42 Å². The molecule has 3 nitrogen and oxygen atoms in total. The maximum atomic E-state index is 11.3. The van der Waals surface area contributed by atoms with Gasteiger partial charge in [0.1, 0.15) is 5.03 Å². The predicted octanol–water partition coefficient (Wildman–Crippen LogP) is 3.40. The van der Waals surface area contributed by atoms with E-state index in [1.807, 2.05) is 12.1 Å². The van der Waals surface area contributed by atoms with Crippen LogP contribution in [-0.4, -0.2) is 19.7 Å². The minimum Gasteiger partial charge on any atom is -0.248 e. The molecule has 6 heteroatoms. The Hall–Kier alpha value is -0.850. The second-order valence-corrected chi connectivity index (χ2v) is 7.57. The van der Waals surface area contributed by atoms with Crippen molar-refractivity contribution in [2.24, 2.45) is 0 Å². The number of hydrogen-bond acceptors (Lipinski definition) is 4. The number of aromatic nitrogens is 1. The fourth-order valence-electron chi connectivity index (χ4n) is 1.31. The summed E-state index contributed by atoms with van der Waals surface area (Å²) in [6.45, 7) is 0. The zero-order valence-electron chi connectivity index (χ0n) is 9.50. The van der Waals surface area contributed by atoms with Crippen LogP contribution in [0.3, 0.4) is 0 Å². The summed E-state index contributed by atoms with van der Waals surface area (Å²) in [5, 5.41) is 0.851. The Labute approximate surface area is 119 Å². The van der Waals surface area contributed by atoms with Gasteiger partial charge in [-0.1, -0.05) is 11.8 Å². The Bertz CT molecular complexity index is 654. The summed E-state index contributed by atoms with van der Waals surface area (Å²) in [6, 6.07) is 10.5. The van der Waals surface area contributed by atoms with E-state index >= 15 is 0 Å². The van der Waals surface area contributed by atoms with Crippen molar-refractivity contribution in [3.63, 3.8) is 0 Å². The van der Waals surface area contributed by atoms with E-state index in [4.69, 9.17) is 0 Å². The van der Waals surface area contributed by atoms with Crippen molar-refractivity contribution in [3.8, 4) is 0 Å². The van der Waals surface area contributed by atoms with Crippen LogP contribution in [0, 0.1) is 0 Å². The van der Waals surface area contributed by atoms with Crippen molar-refractivity contribution in [3.05, 3.63) is 47.1 Å². The summed E-state index contributed by atoms with van der Waals surface area (Å²) >= 11 is 4.90. The van der Waals surface area contributed by atoms with Gasteiger partial charge in [-0.2, -0.15) is 0 Å². The molecule has 0 aliphatic rings. The van der Waals surface area contributed by atoms with Gasteiger partial charge in [0.15, 0.2) is 9.84 Å². The van der Waals surface area contributed by atoms with E-state index in [2.05, 4.69) is 20.9 Å². The number of nitrogens with zero attached hydrogens (tertiary/aromatic N) is 1. The first kappa shape index (κ1) is 13.6. The number of rotatable bonds is 3. The molecule has 1 aromatic carbocycles. The van der Waals surface area contributed by atoms with E-state index in [1.165, 1.54) is 18.0 Å². The second-order valence-electron chi connectivity index (χ2n) is 3.64. The van der Waals surface area contributed by atoms with Crippen molar-refractivity contribution in [2.45, 2.75) is 14.8 Å². The first-order valence-electron chi connectivity index (χ1n) is 5.05. The zero-order valence-corrected chi connectivity index (χ0v) is 12.7. The molecular formula is C12H10BrNO2S2. The average molecular weight is 344 g/mol. The first-order valence-corrected chi connectivity index (χ1v) is 8.55. The molecule has 0 spiro atoms. The van der Waals surface area contributed by atoms with E-state index in [1.54, 1.807) is 30.5 Å². The standard InChI is InChI=1S/C12H10BrNO2S2/c1-18(15,16)10-6-4-9(5-7-10)17-12-11(13)3-2-8-14-12/h2-8H,1H3. The lowest BCUT2D eigenvalue weighted by molar-refractivity contribution is 0.602. The van der Waals surface area contributed by atoms with E-state index < -0.39 is 9.84 Å². The Balaban J connectivity index is 2.24. The normalized spacial score (nSPS) is 11.4. The van der Waals surface area contributed by atoms with Crippen molar-refractivity contribution < 1.29 is 8.42 Å². The number of pyridine rings is 1. The average Bonchev–Trinajstić information content (AvgIpc) is 2.32. The minimum absolute atomic E-state index is 0.326.